The smallest absolute Gasteiger partial charge is 0.0593 e. The standard InChI is InChI=1S/C14H29N3O/c1-16-7-3-6-14(11-15,12-16)17(2)8-9-18-10-13-4-5-13/h13H,3-12,15H2,1-2H3. The van der Waals surface area contributed by atoms with Crippen LogP contribution in [0.4, 0.5) is 0 Å². The molecule has 1 unspecified atom stereocenters. The van der Waals surface area contributed by atoms with E-state index < -0.39 is 0 Å². The fourth-order valence-corrected chi connectivity index (χ4v) is 2.95. The Kier molecular flexibility index (Phi) is 5.01. The van der Waals surface area contributed by atoms with E-state index in [2.05, 4.69) is 23.9 Å². The second-order valence-corrected chi connectivity index (χ2v) is 6.21. The van der Waals surface area contributed by atoms with E-state index in [9.17, 15) is 0 Å². The summed E-state index contributed by atoms with van der Waals surface area (Å²) in [6, 6.07) is 0. The Morgan fingerprint density at radius 1 is 1.44 bits per heavy atom. The molecule has 2 N–H and O–H groups in total. The lowest BCUT2D eigenvalue weighted by Crippen LogP contribution is -2.61. The molecule has 0 radical (unpaired) electrons. The van der Waals surface area contributed by atoms with Crippen LogP contribution in [-0.2, 0) is 4.74 Å². The molecular weight excluding hydrogens is 226 g/mol. The number of rotatable bonds is 7. The molecule has 1 atom stereocenters. The Morgan fingerprint density at radius 3 is 2.83 bits per heavy atom. The largest absolute Gasteiger partial charge is 0.380 e. The lowest BCUT2D eigenvalue weighted by atomic mass is 9.87. The first-order valence-corrected chi connectivity index (χ1v) is 7.34. The van der Waals surface area contributed by atoms with Crippen LogP contribution in [0.5, 0.6) is 0 Å². The molecule has 106 valence electrons. The van der Waals surface area contributed by atoms with Crippen molar-refractivity contribution in [2.24, 2.45) is 11.7 Å². The van der Waals surface area contributed by atoms with Crippen molar-refractivity contribution in [3.05, 3.63) is 0 Å². The predicted molar refractivity (Wildman–Crippen MR) is 74.7 cm³/mol. The highest BCUT2D eigenvalue weighted by Gasteiger charge is 2.36. The van der Waals surface area contributed by atoms with Gasteiger partial charge in [-0.3, -0.25) is 4.90 Å². The molecule has 0 bridgehead atoms. The van der Waals surface area contributed by atoms with E-state index in [1.807, 2.05) is 0 Å². The van der Waals surface area contributed by atoms with Gasteiger partial charge in [0.2, 0.25) is 0 Å². The lowest BCUT2D eigenvalue weighted by Gasteiger charge is -2.47. The van der Waals surface area contributed by atoms with Gasteiger partial charge in [0.25, 0.3) is 0 Å². The Bertz CT molecular complexity index is 257. The third-order valence-electron chi connectivity index (χ3n) is 4.56. The highest BCUT2D eigenvalue weighted by Crippen LogP contribution is 2.29. The van der Waals surface area contributed by atoms with Crippen LogP contribution in [-0.4, -0.2) is 68.8 Å². The Balaban J connectivity index is 1.74. The molecule has 1 aliphatic heterocycles. The van der Waals surface area contributed by atoms with Gasteiger partial charge in [-0.15, -0.1) is 0 Å². The maximum Gasteiger partial charge on any atom is 0.0593 e. The van der Waals surface area contributed by atoms with Crippen molar-refractivity contribution in [1.82, 2.24) is 9.80 Å². The fraction of sp³-hybridized carbons (Fsp3) is 1.00. The highest BCUT2D eigenvalue weighted by molar-refractivity contribution is 4.95. The first-order chi connectivity index (χ1) is 8.66. The maximum atomic E-state index is 6.05. The van der Waals surface area contributed by atoms with Crippen molar-refractivity contribution in [2.45, 2.75) is 31.2 Å². The van der Waals surface area contributed by atoms with Gasteiger partial charge in [-0.1, -0.05) is 0 Å². The molecule has 0 spiro atoms. The monoisotopic (exact) mass is 255 g/mol. The van der Waals surface area contributed by atoms with Crippen molar-refractivity contribution in [1.29, 1.82) is 0 Å². The van der Waals surface area contributed by atoms with E-state index in [0.29, 0.717) is 0 Å². The van der Waals surface area contributed by atoms with E-state index in [1.54, 1.807) is 0 Å². The minimum absolute atomic E-state index is 0.163. The van der Waals surface area contributed by atoms with Gasteiger partial charge < -0.3 is 15.4 Å². The van der Waals surface area contributed by atoms with Crippen LogP contribution >= 0.6 is 0 Å². The predicted octanol–water partition coefficient (Wildman–Crippen LogP) is 0.768. The maximum absolute atomic E-state index is 6.05. The number of likely N-dealkylation sites (N-methyl/N-ethyl adjacent to an activating group) is 2. The van der Waals surface area contributed by atoms with Crippen LogP contribution in [0.25, 0.3) is 0 Å². The van der Waals surface area contributed by atoms with Crippen molar-refractivity contribution in [2.75, 3.05) is 53.5 Å². The number of hydrogen-bond acceptors (Lipinski definition) is 4. The molecular formula is C14H29N3O. The zero-order valence-corrected chi connectivity index (χ0v) is 12.0. The van der Waals surface area contributed by atoms with Gasteiger partial charge in [0.15, 0.2) is 0 Å². The second kappa shape index (κ2) is 6.33. The molecule has 18 heavy (non-hydrogen) atoms. The zero-order valence-electron chi connectivity index (χ0n) is 12.0. The zero-order chi connectivity index (χ0) is 13.0. The molecule has 2 rings (SSSR count). The summed E-state index contributed by atoms with van der Waals surface area (Å²) in [5.74, 6) is 0.861. The Labute approximate surface area is 111 Å². The number of ether oxygens (including phenoxy) is 1. The summed E-state index contributed by atoms with van der Waals surface area (Å²) in [6.07, 6.45) is 5.20. The van der Waals surface area contributed by atoms with Crippen LogP contribution in [0.1, 0.15) is 25.7 Å². The van der Waals surface area contributed by atoms with Crippen molar-refractivity contribution in [3.8, 4) is 0 Å². The van der Waals surface area contributed by atoms with Gasteiger partial charge in [-0.2, -0.15) is 0 Å². The number of likely N-dealkylation sites (tertiary alicyclic amines) is 1. The third-order valence-corrected chi connectivity index (χ3v) is 4.56. The van der Waals surface area contributed by atoms with Gasteiger partial charge in [-0.25, -0.2) is 0 Å². The third kappa shape index (κ3) is 3.67. The minimum Gasteiger partial charge on any atom is -0.380 e. The van der Waals surface area contributed by atoms with Gasteiger partial charge in [0.05, 0.1) is 6.61 Å². The molecule has 0 aromatic rings. The Morgan fingerprint density at radius 2 is 2.22 bits per heavy atom. The Hall–Kier alpha value is -0.160. The summed E-state index contributed by atoms with van der Waals surface area (Å²) in [6.45, 7) is 5.84. The molecule has 1 saturated heterocycles. The molecule has 1 aliphatic carbocycles. The normalized spacial score (nSPS) is 30.0. The van der Waals surface area contributed by atoms with E-state index >= 15 is 0 Å². The SMILES string of the molecule is CN1CCCC(CN)(N(C)CCOCC2CC2)C1. The van der Waals surface area contributed by atoms with Gasteiger partial charge in [0.1, 0.15) is 0 Å². The summed E-state index contributed by atoms with van der Waals surface area (Å²) in [5.41, 5.74) is 6.22. The topological polar surface area (TPSA) is 41.7 Å². The van der Waals surface area contributed by atoms with Crippen molar-refractivity contribution >= 4 is 0 Å². The van der Waals surface area contributed by atoms with E-state index in [-0.39, 0.29) is 5.54 Å². The molecule has 0 amide bonds. The molecule has 2 aliphatic rings. The highest BCUT2D eigenvalue weighted by atomic mass is 16.5. The first kappa shape index (κ1) is 14.3. The summed E-state index contributed by atoms with van der Waals surface area (Å²) in [4.78, 5) is 4.83. The van der Waals surface area contributed by atoms with Crippen LogP contribution in [0.2, 0.25) is 0 Å². The van der Waals surface area contributed by atoms with E-state index in [4.69, 9.17) is 10.5 Å². The van der Waals surface area contributed by atoms with E-state index in [1.165, 1.54) is 32.2 Å². The van der Waals surface area contributed by atoms with Gasteiger partial charge in [-0.05, 0) is 52.2 Å². The fourth-order valence-electron chi connectivity index (χ4n) is 2.95. The average Bonchev–Trinajstić information content (AvgIpc) is 3.18. The summed E-state index contributed by atoms with van der Waals surface area (Å²) in [7, 11) is 4.40. The van der Waals surface area contributed by atoms with Crippen LogP contribution in [0.15, 0.2) is 0 Å². The van der Waals surface area contributed by atoms with Gasteiger partial charge in [0, 0.05) is 31.8 Å². The number of nitrogens with zero attached hydrogens (tertiary/aromatic N) is 2. The molecule has 4 heteroatoms. The number of piperidine rings is 1. The number of hydrogen-bond donors (Lipinski definition) is 1. The molecule has 2 fully saturated rings. The summed E-state index contributed by atoms with van der Waals surface area (Å²) in [5, 5.41) is 0. The van der Waals surface area contributed by atoms with Crippen molar-refractivity contribution < 1.29 is 4.74 Å². The van der Waals surface area contributed by atoms with Crippen LogP contribution < -0.4 is 5.73 Å². The van der Waals surface area contributed by atoms with Crippen LogP contribution in [0.3, 0.4) is 0 Å². The molecule has 4 nitrogen and oxygen atoms in total. The molecule has 0 aromatic carbocycles. The van der Waals surface area contributed by atoms with Gasteiger partial charge >= 0.3 is 0 Å². The molecule has 0 aromatic heterocycles. The van der Waals surface area contributed by atoms with Crippen molar-refractivity contribution in [3.63, 3.8) is 0 Å². The number of nitrogens with two attached hydrogens (primary N) is 1. The molecule has 1 heterocycles. The minimum atomic E-state index is 0.163. The van der Waals surface area contributed by atoms with Crippen LogP contribution in [0, 0.1) is 5.92 Å². The molecule has 1 saturated carbocycles. The summed E-state index contributed by atoms with van der Waals surface area (Å²) < 4.78 is 5.74. The summed E-state index contributed by atoms with van der Waals surface area (Å²) >= 11 is 0. The lowest BCUT2D eigenvalue weighted by molar-refractivity contribution is 0.0186. The quantitative estimate of drug-likeness (QED) is 0.682. The second-order valence-electron chi connectivity index (χ2n) is 6.21. The van der Waals surface area contributed by atoms with E-state index in [0.717, 1.165) is 38.8 Å². The average molecular weight is 255 g/mol. The first-order valence-electron chi connectivity index (χ1n) is 7.34.